The first-order valence-corrected chi connectivity index (χ1v) is 10.1. The Morgan fingerprint density at radius 2 is 1.53 bits per heavy atom. The summed E-state index contributed by atoms with van der Waals surface area (Å²) in [4.78, 5) is 18.8. The fourth-order valence-corrected chi connectivity index (χ4v) is 3.66. The topological polar surface area (TPSA) is 89.7 Å². The Balaban J connectivity index is 1.45. The highest BCUT2D eigenvalue weighted by Crippen LogP contribution is 2.40. The molecule has 3 aromatic carbocycles. The quantitative estimate of drug-likeness (QED) is 0.529. The molecule has 1 saturated heterocycles. The standard InChI is InChI=1S/C24H20N4O4/c29-22-21(18-12-6-2-7-13-18)28(24(30)31-19-14-8-3-9-15-19)32-23(22)27-16-20(25-26-27)17-10-4-1-5-11-17/h1-16,21-23,29H/t21-,22-,23-/m1/s1. The minimum Gasteiger partial charge on any atom is -0.409 e. The third-order valence-electron chi connectivity index (χ3n) is 5.20. The summed E-state index contributed by atoms with van der Waals surface area (Å²) in [5, 5.41) is 20.5. The Labute approximate surface area is 184 Å². The highest BCUT2D eigenvalue weighted by atomic mass is 16.8. The Morgan fingerprint density at radius 3 is 2.22 bits per heavy atom. The van der Waals surface area contributed by atoms with Crippen LogP contribution in [0.3, 0.4) is 0 Å². The lowest BCUT2D eigenvalue weighted by atomic mass is 10.0. The van der Waals surface area contributed by atoms with E-state index < -0.39 is 24.5 Å². The van der Waals surface area contributed by atoms with Gasteiger partial charge in [-0.15, -0.1) is 5.10 Å². The number of aliphatic hydroxyl groups is 1. The molecule has 1 amide bonds. The normalized spacial score (nSPS) is 20.3. The summed E-state index contributed by atoms with van der Waals surface area (Å²) in [5.74, 6) is 0.373. The maximum atomic E-state index is 13.0. The van der Waals surface area contributed by atoms with Crippen LogP contribution in [0, 0.1) is 0 Å². The van der Waals surface area contributed by atoms with Crippen LogP contribution in [0.15, 0.2) is 97.2 Å². The van der Waals surface area contributed by atoms with Crippen LogP contribution in [-0.2, 0) is 4.84 Å². The summed E-state index contributed by atoms with van der Waals surface area (Å²) < 4.78 is 6.88. The summed E-state index contributed by atoms with van der Waals surface area (Å²) in [5.41, 5.74) is 2.21. The number of hydrogen-bond donors (Lipinski definition) is 1. The Morgan fingerprint density at radius 1 is 0.906 bits per heavy atom. The lowest BCUT2D eigenvalue weighted by Gasteiger charge is -2.22. The molecule has 1 aromatic heterocycles. The van der Waals surface area contributed by atoms with Crippen molar-refractivity contribution in [3.63, 3.8) is 0 Å². The van der Waals surface area contributed by atoms with Crippen LogP contribution in [0.2, 0.25) is 0 Å². The largest absolute Gasteiger partial charge is 0.440 e. The van der Waals surface area contributed by atoms with Gasteiger partial charge in [-0.25, -0.2) is 14.3 Å². The average Bonchev–Trinajstić information content (AvgIpc) is 3.46. The molecule has 1 aliphatic heterocycles. The molecular weight excluding hydrogens is 408 g/mol. The molecule has 1 fully saturated rings. The number of aromatic nitrogens is 3. The SMILES string of the molecule is O=C(Oc1ccccc1)N1O[C@@H](n2cc(-c3ccccc3)nn2)[C@H](O)[C@H]1c1ccccc1. The van der Waals surface area contributed by atoms with E-state index in [2.05, 4.69) is 10.3 Å². The first-order chi connectivity index (χ1) is 15.7. The van der Waals surface area contributed by atoms with E-state index in [0.717, 1.165) is 10.6 Å². The third-order valence-corrected chi connectivity index (χ3v) is 5.20. The highest BCUT2D eigenvalue weighted by molar-refractivity contribution is 5.70. The summed E-state index contributed by atoms with van der Waals surface area (Å²) in [6, 6.07) is 26.6. The number of nitrogens with zero attached hydrogens (tertiary/aromatic N) is 4. The van der Waals surface area contributed by atoms with Gasteiger partial charge in [-0.2, -0.15) is 5.06 Å². The number of hydroxylamine groups is 2. The van der Waals surface area contributed by atoms with Gasteiger partial charge in [-0.05, 0) is 17.7 Å². The van der Waals surface area contributed by atoms with Crippen molar-refractivity contribution in [1.29, 1.82) is 0 Å². The van der Waals surface area contributed by atoms with Gasteiger partial charge in [0.05, 0.1) is 6.20 Å². The van der Waals surface area contributed by atoms with Crippen LogP contribution in [0.5, 0.6) is 5.75 Å². The molecule has 32 heavy (non-hydrogen) atoms. The minimum atomic E-state index is -1.11. The van der Waals surface area contributed by atoms with Gasteiger partial charge >= 0.3 is 6.09 Å². The van der Waals surface area contributed by atoms with Crippen LogP contribution < -0.4 is 4.74 Å². The molecule has 4 aromatic rings. The van der Waals surface area contributed by atoms with Gasteiger partial charge < -0.3 is 9.84 Å². The van der Waals surface area contributed by atoms with Gasteiger partial charge in [-0.3, -0.25) is 0 Å². The molecule has 1 aliphatic rings. The van der Waals surface area contributed by atoms with Crippen molar-refractivity contribution in [1.82, 2.24) is 20.1 Å². The first kappa shape index (κ1) is 19.9. The van der Waals surface area contributed by atoms with Crippen LogP contribution in [0.4, 0.5) is 4.79 Å². The van der Waals surface area contributed by atoms with E-state index in [1.807, 2.05) is 66.7 Å². The van der Waals surface area contributed by atoms with E-state index in [9.17, 15) is 9.90 Å². The van der Waals surface area contributed by atoms with Gasteiger partial charge in [0.1, 0.15) is 23.6 Å². The van der Waals surface area contributed by atoms with Gasteiger partial charge in [0.25, 0.3) is 0 Å². The maximum absolute atomic E-state index is 13.0. The number of aliphatic hydroxyl groups excluding tert-OH is 1. The number of carbonyl (C=O) groups excluding carboxylic acids is 1. The molecule has 0 radical (unpaired) electrons. The zero-order valence-electron chi connectivity index (χ0n) is 16.9. The van der Waals surface area contributed by atoms with Gasteiger partial charge in [0.15, 0.2) is 0 Å². The molecule has 0 spiro atoms. The number of amides is 1. The second-order valence-corrected chi connectivity index (χ2v) is 7.30. The molecule has 0 aliphatic carbocycles. The molecule has 8 heteroatoms. The smallest absolute Gasteiger partial charge is 0.409 e. The molecular formula is C24H20N4O4. The number of carbonyl (C=O) groups is 1. The number of para-hydroxylation sites is 1. The van der Waals surface area contributed by atoms with Crippen molar-refractivity contribution >= 4 is 6.09 Å². The summed E-state index contributed by atoms with van der Waals surface area (Å²) in [7, 11) is 0. The van der Waals surface area contributed by atoms with Crippen molar-refractivity contribution in [2.45, 2.75) is 18.4 Å². The van der Waals surface area contributed by atoms with E-state index >= 15 is 0 Å². The summed E-state index contributed by atoms with van der Waals surface area (Å²) in [6.07, 6.45) is -1.13. The number of ether oxygens (including phenoxy) is 1. The van der Waals surface area contributed by atoms with Crippen molar-refractivity contribution in [3.8, 4) is 17.0 Å². The fourth-order valence-electron chi connectivity index (χ4n) is 3.66. The van der Waals surface area contributed by atoms with Gasteiger partial charge in [0.2, 0.25) is 6.23 Å². The molecule has 1 N–H and O–H groups in total. The Hall–Kier alpha value is -4.01. The molecule has 8 nitrogen and oxygen atoms in total. The number of rotatable bonds is 4. The average molecular weight is 428 g/mol. The fraction of sp³-hybridized carbons (Fsp3) is 0.125. The second-order valence-electron chi connectivity index (χ2n) is 7.30. The Kier molecular flexibility index (Phi) is 5.37. The molecule has 0 bridgehead atoms. The van der Waals surface area contributed by atoms with Crippen LogP contribution >= 0.6 is 0 Å². The molecule has 0 unspecified atom stereocenters. The van der Waals surface area contributed by atoms with E-state index in [4.69, 9.17) is 9.57 Å². The van der Waals surface area contributed by atoms with Crippen LogP contribution in [-0.4, -0.2) is 37.4 Å². The number of hydrogen-bond acceptors (Lipinski definition) is 6. The predicted molar refractivity (Wildman–Crippen MR) is 115 cm³/mol. The van der Waals surface area contributed by atoms with E-state index in [1.165, 1.54) is 4.68 Å². The molecule has 160 valence electrons. The molecule has 3 atom stereocenters. The monoisotopic (exact) mass is 428 g/mol. The van der Waals surface area contributed by atoms with Crippen LogP contribution in [0.25, 0.3) is 11.3 Å². The van der Waals surface area contributed by atoms with Crippen molar-refractivity contribution < 1.29 is 19.5 Å². The highest BCUT2D eigenvalue weighted by Gasteiger charge is 2.48. The summed E-state index contributed by atoms with van der Waals surface area (Å²) in [6.45, 7) is 0. The van der Waals surface area contributed by atoms with E-state index in [-0.39, 0.29) is 0 Å². The maximum Gasteiger partial charge on any atom is 0.440 e. The van der Waals surface area contributed by atoms with E-state index in [0.29, 0.717) is 17.0 Å². The lowest BCUT2D eigenvalue weighted by Crippen LogP contribution is -2.34. The molecule has 0 saturated carbocycles. The molecule has 5 rings (SSSR count). The lowest BCUT2D eigenvalue weighted by molar-refractivity contribution is -0.162. The predicted octanol–water partition coefficient (Wildman–Crippen LogP) is 3.99. The van der Waals surface area contributed by atoms with Gasteiger partial charge in [0, 0.05) is 5.56 Å². The van der Waals surface area contributed by atoms with Gasteiger partial charge in [-0.1, -0.05) is 84.1 Å². The Bertz CT molecular complexity index is 1180. The first-order valence-electron chi connectivity index (χ1n) is 10.1. The summed E-state index contributed by atoms with van der Waals surface area (Å²) >= 11 is 0. The van der Waals surface area contributed by atoms with Crippen molar-refractivity contribution in [3.05, 3.63) is 103 Å². The van der Waals surface area contributed by atoms with Crippen molar-refractivity contribution in [2.75, 3.05) is 0 Å². The number of benzene rings is 3. The second kappa shape index (κ2) is 8.62. The zero-order valence-corrected chi connectivity index (χ0v) is 16.9. The van der Waals surface area contributed by atoms with Crippen molar-refractivity contribution in [2.24, 2.45) is 0 Å². The minimum absolute atomic E-state index is 0.373. The van der Waals surface area contributed by atoms with E-state index in [1.54, 1.807) is 30.5 Å². The zero-order chi connectivity index (χ0) is 21.9. The van der Waals surface area contributed by atoms with Crippen LogP contribution in [0.1, 0.15) is 17.8 Å². The molecule has 2 heterocycles. The third kappa shape index (κ3) is 3.84.